The summed E-state index contributed by atoms with van der Waals surface area (Å²) in [6.45, 7) is 6.94. The molecule has 6 nitrogen and oxygen atoms in total. The Labute approximate surface area is 163 Å². The van der Waals surface area contributed by atoms with Crippen LogP contribution in [0, 0.1) is 0 Å². The van der Waals surface area contributed by atoms with Crippen LogP contribution in [-0.2, 0) is 0 Å². The number of fused-ring (bicyclic) bond motifs is 1. The van der Waals surface area contributed by atoms with Crippen LogP contribution in [0.1, 0.15) is 27.2 Å². The summed E-state index contributed by atoms with van der Waals surface area (Å²) in [5, 5.41) is 13.6. The van der Waals surface area contributed by atoms with Crippen molar-refractivity contribution in [1.82, 2.24) is 5.32 Å². The molecule has 0 radical (unpaired) electrons. The molecule has 1 aliphatic rings. The van der Waals surface area contributed by atoms with Gasteiger partial charge in [0, 0.05) is 18.6 Å². The van der Waals surface area contributed by atoms with Crippen LogP contribution in [-0.4, -0.2) is 38.9 Å². The lowest BCUT2D eigenvalue weighted by Gasteiger charge is -2.44. The molecule has 3 rings (SSSR count). The molecule has 1 heterocycles. The van der Waals surface area contributed by atoms with Crippen LogP contribution < -0.4 is 13.9 Å². The van der Waals surface area contributed by atoms with E-state index < -0.39 is 17.1 Å². The third-order valence-corrected chi connectivity index (χ3v) is 6.30. The van der Waals surface area contributed by atoms with Crippen LogP contribution in [0.4, 0.5) is 17.1 Å². The van der Waals surface area contributed by atoms with Crippen molar-refractivity contribution in [2.75, 3.05) is 21.7 Å². The second kappa shape index (κ2) is 7.69. The van der Waals surface area contributed by atoms with E-state index in [4.69, 9.17) is 0 Å². The van der Waals surface area contributed by atoms with E-state index in [1.807, 2.05) is 75.4 Å². The SMILES string of the molecule is CC(C)(C)NC[C@@H](O)CCN1c2ccccc2N(c2ccccc2)S1(O)O. The molecule has 0 amide bonds. The number of anilines is 3. The Morgan fingerprint density at radius 2 is 1.56 bits per heavy atom. The summed E-state index contributed by atoms with van der Waals surface area (Å²) >= 11 is 0. The fraction of sp³-hybridized carbons (Fsp3) is 0.400. The quantitative estimate of drug-likeness (QED) is 0.586. The van der Waals surface area contributed by atoms with E-state index in [2.05, 4.69) is 5.32 Å². The summed E-state index contributed by atoms with van der Waals surface area (Å²) in [6, 6.07) is 16.9. The molecule has 0 saturated heterocycles. The van der Waals surface area contributed by atoms with E-state index >= 15 is 0 Å². The van der Waals surface area contributed by atoms with Crippen LogP contribution in [0.3, 0.4) is 0 Å². The van der Waals surface area contributed by atoms with Gasteiger partial charge in [0.25, 0.3) is 0 Å². The number of nitrogens with one attached hydrogen (secondary N) is 1. The van der Waals surface area contributed by atoms with E-state index in [0.717, 1.165) is 17.1 Å². The molecule has 0 aromatic heterocycles. The van der Waals surface area contributed by atoms with Crippen LogP contribution in [0.25, 0.3) is 0 Å². The number of hydrogen-bond donors (Lipinski definition) is 4. The summed E-state index contributed by atoms with van der Waals surface area (Å²) in [5.74, 6) is 0. The Balaban J connectivity index is 1.80. The molecule has 7 heteroatoms. The summed E-state index contributed by atoms with van der Waals surface area (Å²) in [4.78, 5) is 0. The number of aliphatic hydroxyl groups is 1. The topological polar surface area (TPSA) is 79.2 Å². The first-order chi connectivity index (χ1) is 12.7. The van der Waals surface area contributed by atoms with Gasteiger partial charge >= 0.3 is 0 Å². The van der Waals surface area contributed by atoms with Gasteiger partial charge in [-0.3, -0.25) is 13.4 Å². The number of β-amino-alcohol motifs (C(OH)–C–C–N with tert-alkyl or cyclic N) is 1. The largest absolute Gasteiger partial charge is 0.392 e. The molecule has 0 bridgehead atoms. The predicted molar refractivity (Wildman–Crippen MR) is 114 cm³/mol. The highest BCUT2D eigenvalue weighted by Gasteiger charge is 2.41. The molecule has 0 saturated carbocycles. The van der Waals surface area contributed by atoms with Gasteiger partial charge in [0.15, 0.2) is 0 Å². The Hall–Kier alpha value is -1.77. The molecule has 4 N–H and O–H groups in total. The molecular weight excluding hydrogens is 362 g/mol. The number of benzene rings is 2. The zero-order chi connectivity index (χ0) is 19.7. The molecule has 1 atom stereocenters. The van der Waals surface area contributed by atoms with Gasteiger partial charge in [-0.15, -0.1) is 0 Å². The smallest absolute Gasteiger partial charge is 0.0896 e. The summed E-state index contributed by atoms with van der Waals surface area (Å²) < 4.78 is 25.3. The molecule has 0 fully saturated rings. The van der Waals surface area contributed by atoms with E-state index in [1.165, 1.54) is 0 Å². The lowest BCUT2D eigenvalue weighted by atomic mass is 10.1. The Morgan fingerprint density at radius 1 is 0.963 bits per heavy atom. The lowest BCUT2D eigenvalue weighted by Crippen LogP contribution is -2.42. The van der Waals surface area contributed by atoms with Gasteiger partial charge in [0.2, 0.25) is 0 Å². The number of aliphatic hydroxyl groups excluding tert-OH is 1. The minimum Gasteiger partial charge on any atom is -0.392 e. The molecule has 0 spiro atoms. The second-order valence-electron chi connectivity index (χ2n) is 7.78. The Morgan fingerprint density at radius 3 is 2.19 bits per heavy atom. The molecule has 148 valence electrons. The highest BCUT2D eigenvalue weighted by molar-refractivity contribution is 8.27. The maximum Gasteiger partial charge on any atom is 0.0896 e. The van der Waals surface area contributed by atoms with Gasteiger partial charge in [-0.05, 0) is 62.4 Å². The molecule has 2 aromatic carbocycles. The number of hydrogen-bond acceptors (Lipinski definition) is 6. The number of rotatable bonds is 6. The predicted octanol–water partition coefficient (Wildman–Crippen LogP) is 4.36. The minimum absolute atomic E-state index is 0.0751. The first-order valence-electron chi connectivity index (χ1n) is 9.13. The summed E-state index contributed by atoms with van der Waals surface area (Å²) in [6.07, 6.45) is -0.145. The third-order valence-electron chi connectivity index (χ3n) is 4.43. The highest BCUT2D eigenvalue weighted by Crippen LogP contribution is 2.63. The van der Waals surface area contributed by atoms with Crippen LogP contribution in [0.2, 0.25) is 0 Å². The zero-order valence-electron chi connectivity index (χ0n) is 16.0. The molecule has 0 aliphatic carbocycles. The number of nitrogens with zero attached hydrogens (tertiary/aromatic N) is 2. The molecule has 0 unspecified atom stereocenters. The first kappa shape index (κ1) is 20.0. The fourth-order valence-electron chi connectivity index (χ4n) is 3.09. The fourth-order valence-corrected chi connectivity index (χ4v) is 4.88. The van der Waals surface area contributed by atoms with Crippen molar-refractivity contribution in [1.29, 1.82) is 0 Å². The average molecular weight is 392 g/mol. The van der Waals surface area contributed by atoms with Gasteiger partial charge in [0.1, 0.15) is 0 Å². The normalized spacial score (nSPS) is 18.3. The van der Waals surface area contributed by atoms with Gasteiger partial charge in [-0.25, -0.2) is 4.31 Å². The Bertz CT molecular complexity index is 765. The van der Waals surface area contributed by atoms with E-state index in [0.29, 0.717) is 19.5 Å². The van der Waals surface area contributed by atoms with E-state index in [9.17, 15) is 14.2 Å². The highest BCUT2D eigenvalue weighted by atomic mass is 32.3. The maximum absolute atomic E-state index is 11.1. The molecular formula is C20H29N3O3S. The zero-order valence-corrected chi connectivity index (χ0v) is 16.9. The van der Waals surface area contributed by atoms with Gasteiger partial charge < -0.3 is 10.4 Å². The van der Waals surface area contributed by atoms with Gasteiger partial charge in [0.05, 0.1) is 23.2 Å². The van der Waals surface area contributed by atoms with Crippen LogP contribution in [0.5, 0.6) is 0 Å². The monoisotopic (exact) mass is 391 g/mol. The van der Waals surface area contributed by atoms with Crippen LogP contribution in [0.15, 0.2) is 54.6 Å². The van der Waals surface area contributed by atoms with Crippen molar-refractivity contribution in [3.05, 3.63) is 54.6 Å². The van der Waals surface area contributed by atoms with E-state index in [1.54, 1.807) is 8.61 Å². The lowest BCUT2D eigenvalue weighted by molar-refractivity contribution is 0.154. The molecule has 27 heavy (non-hydrogen) atoms. The molecule has 1 aliphatic heterocycles. The molecule has 2 aromatic rings. The van der Waals surface area contributed by atoms with Gasteiger partial charge in [-0.2, -0.15) is 0 Å². The van der Waals surface area contributed by atoms with E-state index in [-0.39, 0.29) is 5.54 Å². The van der Waals surface area contributed by atoms with Crippen molar-refractivity contribution in [2.24, 2.45) is 0 Å². The average Bonchev–Trinajstić information content (AvgIpc) is 2.84. The third kappa shape index (κ3) is 4.39. The number of para-hydroxylation sites is 3. The second-order valence-corrected chi connectivity index (χ2v) is 9.57. The van der Waals surface area contributed by atoms with Crippen LogP contribution >= 0.6 is 11.0 Å². The van der Waals surface area contributed by atoms with Crippen molar-refractivity contribution < 1.29 is 14.2 Å². The van der Waals surface area contributed by atoms with Crippen molar-refractivity contribution in [3.63, 3.8) is 0 Å². The minimum atomic E-state index is -3.24. The van der Waals surface area contributed by atoms with Gasteiger partial charge in [-0.1, -0.05) is 30.3 Å². The maximum atomic E-state index is 11.1. The Kier molecular flexibility index (Phi) is 5.69. The summed E-state index contributed by atoms with van der Waals surface area (Å²) in [5.41, 5.74) is 2.17. The first-order valence-corrected chi connectivity index (χ1v) is 10.6. The summed E-state index contributed by atoms with van der Waals surface area (Å²) in [7, 11) is -3.24. The van der Waals surface area contributed by atoms with Crippen molar-refractivity contribution in [3.8, 4) is 0 Å². The standard InChI is InChI=1S/C20H29N3O3S/c1-20(2,3)21-15-17(24)13-14-22-18-11-7-8-12-19(18)23(27(22,25)26)16-9-5-4-6-10-16/h4-12,17,21,24-26H,13-15H2,1-3H3/t17-/m0/s1. The van der Waals surface area contributed by atoms with Crippen molar-refractivity contribution in [2.45, 2.75) is 38.8 Å². The van der Waals surface area contributed by atoms with Crippen molar-refractivity contribution >= 4 is 28.0 Å².